The standard InChI is InChI=1S/C24H25N3O3/c1-16-8-6-9-17(2)22(16)30-15-13-27-20-11-5-4-10-19(20)26-23(27)18(3)25-24(28)21-12-7-14-29-21/h4-12,14,18H,13,15H2,1-3H3,(H,25,28)/t18-/m1/s1. The van der Waals surface area contributed by atoms with Gasteiger partial charge in [0.2, 0.25) is 0 Å². The van der Waals surface area contributed by atoms with Gasteiger partial charge in [-0.2, -0.15) is 0 Å². The topological polar surface area (TPSA) is 69.3 Å². The number of aryl methyl sites for hydroxylation is 2. The predicted molar refractivity (Wildman–Crippen MR) is 116 cm³/mol. The van der Waals surface area contributed by atoms with Gasteiger partial charge in [0, 0.05) is 0 Å². The Balaban J connectivity index is 1.56. The summed E-state index contributed by atoms with van der Waals surface area (Å²) in [4.78, 5) is 17.2. The van der Waals surface area contributed by atoms with Crippen molar-refractivity contribution >= 4 is 16.9 Å². The highest BCUT2D eigenvalue weighted by atomic mass is 16.5. The summed E-state index contributed by atoms with van der Waals surface area (Å²) in [7, 11) is 0. The molecule has 0 aliphatic rings. The molecule has 1 N–H and O–H groups in total. The Hall–Kier alpha value is -3.54. The van der Waals surface area contributed by atoms with Crippen LogP contribution in [0.2, 0.25) is 0 Å². The highest BCUT2D eigenvalue weighted by Crippen LogP contribution is 2.24. The van der Waals surface area contributed by atoms with Crippen molar-refractivity contribution in [2.75, 3.05) is 6.61 Å². The molecule has 30 heavy (non-hydrogen) atoms. The van der Waals surface area contributed by atoms with Crippen LogP contribution in [0.5, 0.6) is 5.75 Å². The first-order chi connectivity index (χ1) is 14.5. The van der Waals surface area contributed by atoms with E-state index in [1.165, 1.54) is 6.26 Å². The maximum absolute atomic E-state index is 12.4. The number of hydrogen-bond donors (Lipinski definition) is 1. The van der Waals surface area contributed by atoms with Crippen LogP contribution in [0.15, 0.2) is 65.3 Å². The predicted octanol–water partition coefficient (Wildman–Crippen LogP) is 4.82. The second kappa shape index (κ2) is 8.45. The largest absolute Gasteiger partial charge is 0.491 e. The first kappa shape index (κ1) is 19.8. The summed E-state index contributed by atoms with van der Waals surface area (Å²) in [6.07, 6.45) is 1.49. The van der Waals surface area contributed by atoms with E-state index in [0.29, 0.717) is 13.2 Å². The number of amides is 1. The molecule has 0 radical (unpaired) electrons. The number of aromatic nitrogens is 2. The van der Waals surface area contributed by atoms with Crippen molar-refractivity contribution in [3.8, 4) is 5.75 Å². The van der Waals surface area contributed by atoms with Gasteiger partial charge in [0.1, 0.15) is 18.2 Å². The molecule has 1 amide bonds. The van der Waals surface area contributed by atoms with Crippen molar-refractivity contribution in [3.05, 3.63) is 83.6 Å². The minimum atomic E-state index is -0.296. The van der Waals surface area contributed by atoms with Crippen molar-refractivity contribution in [1.82, 2.24) is 14.9 Å². The van der Waals surface area contributed by atoms with Gasteiger partial charge in [0.25, 0.3) is 5.91 Å². The Morgan fingerprint density at radius 1 is 1.10 bits per heavy atom. The van der Waals surface area contributed by atoms with E-state index in [1.807, 2.05) is 63.2 Å². The molecule has 6 nitrogen and oxygen atoms in total. The molecule has 6 heteroatoms. The van der Waals surface area contributed by atoms with E-state index in [4.69, 9.17) is 14.1 Å². The number of benzene rings is 2. The number of nitrogens with one attached hydrogen (secondary N) is 1. The Morgan fingerprint density at radius 3 is 2.60 bits per heavy atom. The minimum Gasteiger partial charge on any atom is -0.491 e. The number of imidazole rings is 1. The van der Waals surface area contributed by atoms with E-state index < -0.39 is 0 Å². The van der Waals surface area contributed by atoms with Crippen molar-refractivity contribution < 1.29 is 13.9 Å². The summed E-state index contributed by atoms with van der Waals surface area (Å²) in [6, 6.07) is 17.1. The molecule has 0 spiro atoms. The average molecular weight is 403 g/mol. The molecule has 4 aromatic rings. The Bertz CT molecular complexity index is 1140. The molecule has 0 aliphatic carbocycles. The van der Waals surface area contributed by atoms with Gasteiger partial charge in [0.05, 0.1) is 29.9 Å². The van der Waals surface area contributed by atoms with Crippen LogP contribution in [0.3, 0.4) is 0 Å². The van der Waals surface area contributed by atoms with Crippen LogP contribution in [-0.4, -0.2) is 22.1 Å². The number of para-hydroxylation sites is 3. The van der Waals surface area contributed by atoms with Gasteiger partial charge in [-0.05, 0) is 56.2 Å². The maximum Gasteiger partial charge on any atom is 0.287 e. The number of ether oxygens (including phenoxy) is 1. The van der Waals surface area contributed by atoms with E-state index in [-0.39, 0.29) is 17.7 Å². The maximum atomic E-state index is 12.4. The number of rotatable bonds is 7. The van der Waals surface area contributed by atoms with Gasteiger partial charge in [-0.3, -0.25) is 4.79 Å². The zero-order valence-corrected chi connectivity index (χ0v) is 17.4. The van der Waals surface area contributed by atoms with Crippen LogP contribution in [-0.2, 0) is 6.54 Å². The number of hydrogen-bond acceptors (Lipinski definition) is 4. The number of carbonyl (C=O) groups excluding carboxylic acids is 1. The summed E-state index contributed by atoms with van der Waals surface area (Å²) < 4.78 is 13.4. The first-order valence-electron chi connectivity index (χ1n) is 10.0. The van der Waals surface area contributed by atoms with Gasteiger partial charge in [-0.25, -0.2) is 4.98 Å². The SMILES string of the molecule is Cc1cccc(C)c1OCCn1c([C@@H](C)NC(=O)c2ccco2)nc2ccccc21. The fourth-order valence-electron chi connectivity index (χ4n) is 3.67. The fourth-order valence-corrected chi connectivity index (χ4v) is 3.67. The molecule has 0 saturated heterocycles. The normalized spacial score (nSPS) is 12.1. The molecule has 4 rings (SSSR count). The van der Waals surface area contributed by atoms with Crippen LogP contribution in [0.1, 0.15) is 40.5 Å². The van der Waals surface area contributed by atoms with Gasteiger partial charge in [-0.1, -0.05) is 30.3 Å². The zero-order valence-electron chi connectivity index (χ0n) is 17.4. The van der Waals surface area contributed by atoms with E-state index in [1.54, 1.807) is 12.1 Å². The van der Waals surface area contributed by atoms with E-state index in [9.17, 15) is 4.79 Å². The lowest BCUT2D eigenvalue weighted by molar-refractivity contribution is 0.0909. The average Bonchev–Trinajstić information content (AvgIpc) is 3.39. The molecular formula is C24H25N3O3. The van der Waals surface area contributed by atoms with Crippen molar-refractivity contribution in [2.24, 2.45) is 0 Å². The zero-order chi connectivity index (χ0) is 21.1. The second-order valence-corrected chi connectivity index (χ2v) is 7.35. The lowest BCUT2D eigenvalue weighted by Gasteiger charge is -2.17. The summed E-state index contributed by atoms with van der Waals surface area (Å²) in [6.45, 7) is 7.13. The van der Waals surface area contributed by atoms with Crippen LogP contribution < -0.4 is 10.1 Å². The number of carbonyl (C=O) groups is 1. The van der Waals surface area contributed by atoms with Crippen LogP contribution >= 0.6 is 0 Å². The monoisotopic (exact) mass is 403 g/mol. The van der Waals surface area contributed by atoms with Gasteiger partial charge >= 0.3 is 0 Å². The Labute approximate surface area is 175 Å². The molecule has 0 fully saturated rings. The van der Waals surface area contributed by atoms with Crippen molar-refractivity contribution in [3.63, 3.8) is 0 Å². The molecule has 2 aromatic heterocycles. The van der Waals surface area contributed by atoms with E-state index in [2.05, 4.69) is 9.88 Å². The molecule has 0 aliphatic heterocycles. The highest BCUT2D eigenvalue weighted by molar-refractivity contribution is 5.91. The van der Waals surface area contributed by atoms with Crippen LogP contribution in [0.25, 0.3) is 11.0 Å². The highest BCUT2D eigenvalue weighted by Gasteiger charge is 2.20. The third-order valence-electron chi connectivity index (χ3n) is 5.13. The molecule has 1 atom stereocenters. The summed E-state index contributed by atoms with van der Waals surface area (Å²) >= 11 is 0. The molecule has 0 unspecified atom stereocenters. The van der Waals surface area contributed by atoms with Gasteiger partial charge < -0.3 is 19.0 Å². The molecule has 0 saturated carbocycles. The lowest BCUT2D eigenvalue weighted by atomic mass is 10.1. The molecule has 154 valence electrons. The number of nitrogens with zero attached hydrogens (tertiary/aromatic N) is 2. The van der Waals surface area contributed by atoms with Crippen molar-refractivity contribution in [1.29, 1.82) is 0 Å². The summed E-state index contributed by atoms with van der Waals surface area (Å²) in [5.41, 5.74) is 4.13. The minimum absolute atomic E-state index is 0.266. The lowest BCUT2D eigenvalue weighted by Crippen LogP contribution is -2.29. The third-order valence-corrected chi connectivity index (χ3v) is 5.13. The second-order valence-electron chi connectivity index (χ2n) is 7.35. The van der Waals surface area contributed by atoms with Crippen LogP contribution in [0.4, 0.5) is 0 Å². The summed E-state index contributed by atoms with van der Waals surface area (Å²) in [5.74, 6) is 1.71. The van der Waals surface area contributed by atoms with Gasteiger partial charge in [0.15, 0.2) is 5.76 Å². The Morgan fingerprint density at radius 2 is 1.87 bits per heavy atom. The fraction of sp³-hybridized carbons (Fsp3) is 0.250. The molecular weight excluding hydrogens is 378 g/mol. The smallest absolute Gasteiger partial charge is 0.287 e. The van der Waals surface area contributed by atoms with E-state index >= 15 is 0 Å². The van der Waals surface area contributed by atoms with Crippen LogP contribution in [0, 0.1) is 13.8 Å². The third kappa shape index (κ3) is 3.94. The molecule has 0 bridgehead atoms. The summed E-state index contributed by atoms with van der Waals surface area (Å²) in [5, 5.41) is 2.97. The van der Waals surface area contributed by atoms with Gasteiger partial charge in [-0.15, -0.1) is 0 Å². The number of furan rings is 1. The quantitative estimate of drug-likeness (QED) is 0.480. The molecule has 2 heterocycles. The Kier molecular flexibility index (Phi) is 5.57. The number of fused-ring (bicyclic) bond motifs is 1. The van der Waals surface area contributed by atoms with E-state index in [0.717, 1.165) is 33.7 Å². The molecule has 2 aromatic carbocycles. The first-order valence-corrected chi connectivity index (χ1v) is 10.0. The van der Waals surface area contributed by atoms with Crippen molar-refractivity contribution in [2.45, 2.75) is 33.4 Å².